The van der Waals surface area contributed by atoms with E-state index in [0.29, 0.717) is 26.1 Å². The monoisotopic (exact) mass is 426 g/mol. The molecule has 6 heteroatoms. The summed E-state index contributed by atoms with van der Waals surface area (Å²) in [7, 11) is 0. The zero-order valence-electron chi connectivity index (χ0n) is 17.6. The lowest BCUT2D eigenvalue weighted by atomic mass is 9.89. The van der Waals surface area contributed by atoms with Gasteiger partial charge >= 0.3 is 0 Å². The van der Waals surface area contributed by atoms with Gasteiger partial charge in [-0.05, 0) is 36.5 Å². The molecule has 2 fully saturated rings. The number of hydrogen-bond acceptors (Lipinski definition) is 5. The van der Waals surface area contributed by atoms with Crippen LogP contribution in [0.2, 0.25) is 0 Å². The van der Waals surface area contributed by atoms with Crippen molar-refractivity contribution in [3.05, 3.63) is 57.3 Å². The van der Waals surface area contributed by atoms with Crippen LogP contribution >= 0.6 is 11.3 Å². The number of carbonyl (C=O) groups excluding carboxylic acids is 2. The summed E-state index contributed by atoms with van der Waals surface area (Å²) in [5.74, 6) is 0.142. The molecule has 2 aliphatic heterocycles. The molecule has 0 bridgehead atoms. The number of piperidine rings is 1. The van der Waals surface area contributed by atoms with E-state index in [1.807, 2.05) is 28.5 Å². The van der Waals surface area contributed by atoms with Crippen LogP contribution in [0.4, 0.5) is 0 Å². The number of aldehydes is 1. The predicted octanol–water partition coefficient (Wildman–Crippen LogP) is 3.56. The number of morpholine rings is 1. The highest BCUT2D eigenvalue weighted by atomic mass is 32.1. The second kappa shape index (κ2) is 9.41. The third-order valence-corrected chi connectivity index (χ3v) is 7.35. The van der Waals surface area contributed by atoms with Gasteiger partial charge in [-0.1, -0.05) is 31.2 Å². The number of carbonyl (C=O) groups is 2. The Bertz CT molecular complexity index is 886. The first-order valence-electron chi connectivity index (χ1n) is 10.9. The van der Waals surface area contributed by atoms with Gasteiger partial charge in [0, 0.05) is 42.9 Å². The summed E-state index contributed by atoms with van der Waals surface area (Å²) in [6.07, 6.45) is 4.27. The van der Waals surface area contributed by atoms with Gasteiger partial charge in [-0.25, -0.2) is 0 Å². The van der Waals surface area contributed by atoms with Crippen LogP contribution in [0.1, 0.15) is 46.1 Å². The molecule has 1 spiro atoms. The van der Waals surface area contributed by atoms with Gasteiger partial charge < -0.3 is 14.4 Å². The molecule has 1 aromatic heterocycles. The number of ether oxygens (including phenoxy) is 1. The molecule has 2 aromatic rings. The second-order valence-corrected chi connectivity index (χ2v) is 9.38. The Morgan fingerprint density at radius 3 is 2.73 bits per heavy atom. The number of aryl methyl sites for hydroxylation is 1. The molecule has 30 heavy (non-hydrogen) atoms. The number of hydrogen-bond donors (Lipinski definition) is 0. The molecule has 0 saturated carbocycles. The van der Waals surface area contributed by atoms with Gasteiger partial charge in [0.25, 0.3) is 5.91 Å². The van der Waals surface area contributed by atoms with E-state index in [9.17, 15) is 9.59 Å². The molecule has 2 saturated heterocycles. The summed E-state index contributed by atoms with van der Waals surface area (Å²) in [5, 5.41) is 1.99. The fraction of sp³-hybridized carbons (Fsp3) is 0.500. The second-order valence-electron chi connectivity index (χ2n) is 8.38. The third-order valence-electron chi connectivity index (χ3n) is 6.27. The van der Waals surface area contributed by atoms with Crippen LogP contribution in [0, 0.1) is 0 Å². The largest absolute Gasteiger partial charge is 0.371 e. The van der Waals surface area contributed by atoms with Gasteiger partial charge in [0.2, 0.25) is 0 Å². The summed E-state index contributed by atoms with van der Waals surface area (Å²) >= 11 is 1.67. The van der Waals surface area contributed by atoms with E-state index < -0.39 is 0 Å². The molecular weight excluding hydrogens is 396 g/mol. The fourth-order valence-electron chi connectivity index (χ4n) is 4.51. The highest BCUT2D eigenvalue weighted by molar-refractivity contribution is 7.10. The molecule has 1 aromatic carbocycles. The van der Waals surface area contributed by atoms with E-state index in [-0.39, 0.29) is 11.5 Å². The average Bonchev–Trinajstić information content (AvgIpc) is 3.25. The first-order chi connectivity index (χ1) is 14.6. The summed E-state index contributed by atoms with van der Waals surface area (Å²) in [5.41, 5.74) is 2.92. The van der Waals surface area contributed by atoms with Crippen LogP contribution in [-0.2, 0) is 28.9 Å². The number of thiophene rings is 1. The number of amides is 1. The Labute approximate surface area is 182 Å². The van der Waals surface area contributed by atoms with Crippen molar-refractivity contribution in [3.8, 4) is 0 Å². The molecule has 1 amide bonds. The number of nitrogens with zero attached hydrogens (tertiary/aromatic N) is 2. The van der Waals surface area contributed by atoms with E-state index in [0.717, 1.165) is 56.3 Å². The van der Waals surface area contributed by atoms with E-state index in [2.05, 4.69) is 24.0 Å². The standard InChI is InChI=1S/C24H30N2O3S/c1-2-22-15-21(17-30-22)23(28)26-11-13-29-24(18-26)7-9-25(10-8-24)16-20-5-3-4-19(14-20)6-12-27/h3-5,12,14-15,17H,2,6-11,13,16,18H2,1H3. The first-order valence-corrected chi connectivity index (χ1v) is 11.7. The van der Waals surface area contributed by atoms with Gasteiger partial charge in [0.15, 0.2) is 0 Å². The smallest absolute Gasteiger partial charge is 0.254 e. The fourth-order valence-corrected chi connectivity index (χ4v) is 5.32. The summed E-state index contributed by atoms with van der Waals surface area (Å²) in [6.45, 7) is 6.90. The van der Waals surface area contributed by atoms with Crippen LogP contribution in [0.3, 0.4) is 0 Å². The van der Waals surface area contributed by atoms with E-state index in [4.69, 9.17) is 4.74 Å². The minimum absolute atomic E-state index is 0.142. The lowest BCUT2D eigenvalue weighted by molar-refractivity contribution is -0.127. The van der Waals surface area contributed by atoms with E-state index in [1.165, 1.54) is 10.4 Å². The Morgan fingerprint density at radius 2 is 2.00 bits per heavy atom. The van der Waals surface area contributed by atoms with Crippen LogP contribution < -0.4 is 0 Å². The van der Waals surface area contributed by atoms with Gasteiger partial charge in [-0.15, -0.1) is 11.3 Å². The van der Waals surface area contributed by atoms with Gasteiger partial charge in [0.05, 0.1) is 24.3 Å². The Kier molecular flexibility index (Phi) is 6.66. The third kappa shape index (κ3) is 4.82. The number of benzene rings is 1. The van der Waals surface area contributed by atoms with Crippen molar-refractivity contribution in [2.75, 3.05) is 32.8 Å². The number of rotatable bonds is 6. The average molecular weight is 427 g/mol. The quantitative estimate of drug-likeness (QED) is 0.663. The highest BCUT2D eigenvalue weighted by Crippen LogP contribution is 2.32. The summed E-state index contributed by atoms with van der Waals surface area (Å²) < 4.78 is 6.24. The highest BCUT2D eigenvalue weighted by Gasteiger charge is 2.41. The maximum Gasteiger partial charge on any atom is 0.254 e. The van der Waals surface area contributed by atoms with Gasteiger partial charge in [-0.3, -0.25) is 9.69 Å². The minimum Gasteiger partial charge on any atom is -0.371 e. The predicted molar refractivity (Wildman–Crippen MR) is 119 cm³/mol. The minimum atomic E-state index is -0.215. The molecule has 0 radical (unpaired) electrons. The van der Waals surface area contributed by atoms with Crippen molar-refractivity contribution >= 4 is 23.5 Å². The summed E-state index contributed by atoms with van der Waals surface area (Å²) in [6, 6.07) is 10.3. The van der Waals surface area contributed by atoms with Crippen molar-refractivity contribution < 1.29 is 14.3 Å². The first kappa shape index (κ1) is 21.2. The molecule has 3 heterocycles. The van der Waals surface area contributed by atoms with Gasteiger partial charge in [-0.2, -0.15) is 0 Å². The van der Waals surface area contributed by atoms with Crippen LogP contribution in [0.5, 0.6) is 0 Å². The molecular formula is C24H30N2O3S. The molecule has 2 aliphatic rings. The molecule has 0 N–H and O–H groups in total. The van der Waals surface area contributed by atoms with E-state index >= 15 is 0 Å². The molecule has 5 nitrogen and oxygen atoms in total. The van der Waals surface area contributed by atoms with Crippen molar-refractivity contribution in [3.63, 3.8) is 0 Å². The SMILES string of the molecule is CCc1cc(C(=O)N2CCOC3(CCN(Cc4cccc(CC=O)c4)CC3)C2)cs1. The Balaban J connectivity index is 1.34. The van der Waals surface area contributed by atoms with Gasteiger partial charge in [0.1, 0.15) is 6.29 Å². The zero-order chi connectivity index (χ0) is 21.0. The van der Waals surface area contributed by atoms with Crippen molar-refractivity contribution in [1.82, 2.24) is 9.80 Å². The maximum absolute atomic E-state index is 13.0. The molecule has 0 unspecified atom stereocenters. The topological polar surface area (TPSA) is 49.9 Å². The molecule has 4 rings (SSSR count). The van der Waals surface area contributed by atoms with Crippen molar-refractivity contribution in [2.24, 2.45) is 0 Å². The lowest BCUT2D eigenvalue weighted by Gasteiger charge is -2.47. The summed E-state index contributed by atoms with van der Waals surface area (Å²) in [4.78, 5) is 29.5. The molecule has 0 atom stereocenters. The maximum atomic E-state index is 13.0. The molecule has 0 aliphatic carbocycles. The number of likely N-dealkylation sites (tertiary alicyclic amines) is 1. The van der Waals surface area contributed by atoms with Crippen LogP contribution in [0.15, 0.2) is 35.7 Å². The Morgan fingerprint density at radius 1 is 1.20 bits per heavy atom. The zero-order valence-corrected chi connectivity index (χ0v) is 18.5. The van der Waals surface area contributed by atoms with Crippen molar-refractivity contribution in [2.45, 2.75) is 44.8 Å². The molecule has 160 valence electrons. The Hall–Kier alpha value is -2.02. The van der Waals surface area contributed by atoms with Crippen molar-refractivity contribution in [1.29, 1.82) is 0 Å². The van der Waals surface area contributed by atoms with Crippen LogP contribution in [-0.4, -0.2) is 60.4 Å². The van der Waals surface area contributed by atoms with E-state index in [1.54, 1.807) is 11.3 Å². The van der Waals surface area contributed by atoms with Crippen LogP contribution in [0.25, 0.3) is 0 Å². The lowest BCUT2D eigenvalue weighted by Crippen LogP contribution is -2.57. The normalized spacial score (nSPS) is 19.2.